The van der Waals surface area contributed by atoms with Crippen molar-refractivity contribution in [3.63, 3.8) is 0 Å². The monoisotopic (exact) mass is 971 g/mol. The van der Waals surface area contributed by atoms with Crippen LogP contribution in [0, 0.1) is 29.6 Å². The molecule has 0 spiro atoms. The minimum Gasteiger partial charge on any atom is -0.317 e. The van der Waals surface area contributed by atoms with Crippen LogP contribution in [-0.4, -0.2) is 118 Å². The average Bonchev–Trinajstić information content (AvgIpc) is 4.27. The first-order valence-electron chi connectivity index (χ1n) is 23.8. The standard InChI is InChI=1S/2C23H23N7S.C6H11NO/c1-16-20(14-27-30(16)19-6-9-28(2)10-7-19)17-11-21(31-22-5-3-4-8-25-22)23-18(12-24)13-26-29(23)15-17;1-25-19-5-7-20(8-6-19)29-15-18(13-27-29)16-10-21(31-22-4-2-3-9-26-22)23-17(11-24)12-28-30(23)14-16;1-7-4-2-3-6(7)5-8/h3-5,8,11,13-15,19H,6-7,9-10H2,1-2H3;2-4,9-10,12-15,19-20,25H,5-8H2,1H3;5-6H,2-4H2,1H3. The van der Waals surface area contributed by atoms with Gasteiger partial charge in [0, 0.05) is 74.8 Å². The van der Waals surface area contributed by atoms with E-state index < -0.39 is 0 Å². The molecule has 0 bridgehead atoms. The molecule has 18 heteroatoms. The Morgan fingerprint density at radius 3 is 1.83 bits per heavy atom. The Morgan fingerprint density at radius 2 is 1.30 bits per heavy atom. The summed E-state index contributed by atoms with van der Waals surface area (Å²) < 4.78 is 7.88. The minimum absolute atomic E-state index is 0.218. The van der Waals surface area contributed by atoms with Gasteiger partial charge < -0.3 is 15.0 Å². The van der Waals surface area contributed by atoms with Crippen LogP contribution in [-0.2, 0) is 4.79 Å². The molecule has 8 aromatic rings. The van der Waals surface area contributed by atoms with Gasteiger partial charge in [0.25, 0.3) is 0 Å². The van der Waals surface area contributed by atoms with Crippen molar-refractivity contribution in [2.45, 2.75) is 102 Å². The number of likely N-dealkylation sites (N-methyl/N-ethyl adjacent to an activating group) is 1. The normalized spacial score (nSPS) is 18.7. The average molecular weight is 972 g/mol. The van der Waals surface area contributed by atoms with Crippen molar-refractivity contribution in [2.75, 3.05) is 40.8 Å². The van der Waals surface area contributed by atoms with Crippen LogP contribution < -0.4 is 5.32 Å². The molecule has 1 unspecified atom stereocenters. The van der Waals surface area contributed by atoms with E-state index in [1.807, 2.05) is 75.3 Å². The van der Waals surface area contributed by atoms with Gasteiger partial charge in [-0.25, -0.2) is 19.0 Å². The molecule has 0 radical (unpaired) electrons. The number of carbonyl (C=O) groups excluding carboxylic acids is 1. The van der Waals surface area contributed by atoms with E-state index in [0.717, 1.165) is 117 Å². The van der Waals surface area contributed by atoms with Gasteiger partial charge in [-0.2, -0.15) is 30.9 Å². The van der Waals surface area contributed by atoms with Gasteiger partial charge in [-0.1, -0.05) is 35.7 Å². The van der Waals surface area contributed by atoms with Crippen LogP contribution in [0.3, 0.4) is 0 Å². The van der Waals surface area contributed by atoms with Crippen LogP contribution in [0.1, 0.15) is 80.3 Å². The van der Waals surface area contributed by atoms with Crippen molar-refractivity contribution < 1.29 is 4.79 Å². The van der Waals surface area contributed by atoms with Crippen LogP contribution >= 0.6 is 23.5 Å². The van der Waals surface area contributed by atoms with E-state index in [0.29, 0.717) is 29.3 Å². The number of aldehydes is 1. The predicted molar refractivity (Wildman–Crippen MR) is 272 cm³/mol. The minimum atomic E-state index is 0.218. The van der Waals surface area contributed by atoms with E-state index in [1.165, 1.54) is 19.3 Å². The van der Waals surface area contributed by atoms with Crippen LogP contribution in [0.2, 0.25) is 0 Å². The smallest absolute Gasteiger partial charge is 0.137 e. The van der Waals surface area contributed by atoms with Gasteiger partial charge >= 0.3 is 0 Å². The molecule has 1 N–H and O–H groups in total. The first-order chi connectivity index (χ1) is 34.2. The number of nitrogens with zero attached hydrogens (tertiary/aromatic N) is 14. The molecule has 10 heterocycles. The topological polar surface area (TPSA) is 179 Å². The summed E-state index contributed by atoms with van der Waals surface area (Å²) in [6.45, 7) is 5.42. The number of pyridine rings is 4. The van der Waals surface area contributed by atoms with Gasteiger partial charge in [0.2, 0.25) is 0 Å². The van der Waals surface area contributed by atoms with Crippen LogP contribution in [0.5, 0.6) is 0 Å². The van der Waals surface area contributed by atoms with E-state index >= 15 is 0 Å². The molecular formula is C52H57N15OS2. The highest BCUT2D eigenvalue weighted by molar-refractivity contribution is 7.99. The van der Waals surface area contributed by atoms with Crippen LogP contribution in [0.25, 0.3) is 33.3 Å². The Hall–Kier alpha value is -6.67. The highest BCUT2D eigenvalue weighted by Gasteiger charge is 2.25. The summed E-state index contributed by atoms with van der Waals surface area (Å²) in [5, 5.41) is 42.5. The van der Waals surface area contributed by atoms with Crippen molar-refractivity contribution in [3.8, 4) is 34.4 Å². The number of nitriles is 2. The maximum absolute atomic E-state index is 10.2. The molecule has 2 aliphatic heterocycles. The zero-order valence-electron chi connectivity index (χ0n) is 40.0. The van der Waals surface area contributed by atoms with E-state index in [1.54, 1.807) is 57.3 Å². The molecule has 1 aliphatic carbocycles. The second kappa shape index (κ2) is 22.4. The lowest BCUT2D eigenvalue weighted by atomic mass is 9.91. The van der Waals surface area contributed by atoms with Gasteiger partial charge in [0.05, 0.1) is 65.1 Å². The zero-order valence-corrected chi connectivity index (χ0v) is 41.6. The first-order valence-corrected chi connectivity index (χ1v) is 25.5. The second-order valence-electron chi connectivity index (χ2n) is 18.1. The lowest BCUT2D eigenvalue weighted by Crippen LogP contribution is -2.32. The van der Waals surface area contributed by atoms with Gasteiger partial charge in [-0.15, -0.1) is 0 Å². The fourth-order valence-electron chi connectivity index (χ4n) is 9.57. The molecule has 0 aromatic carbocycles. The number of carbonyl (C=O) groups is 1. The number of aromatic nitrogens is 10. The molecule has 358 valence electrons. The number of hydrogen-bond donors (Lipinski definition) is 1. The number of fused-ring (bicyclic) bond motifs is 2. The number of nitrogens with one attached hydrogen (secondary N) is 1. The van der Waals surface area contributed by atoms with Gasteiger partial charge in [0.1, 0.15) is 28.5 Å². The summed E-state index contributed by atoms with van der Waals surface area (Å²) in [5.74, 6) is 0. The molecule has 1 saturated carbocycles. The Bertz CT molecular complexity index is 3120. The predicted octanol–water partition coefficient (Wildman–Crippen LogP) is 8.79. The van der Waals surface area contributed by atoms with Crippen molar-refractivity contribution in [2.24, 2.45) is 0 Å². The number of piperidine rings is 1. The van der Waals surface area contributed by atoms with E-state index in [4.69, 9.17) is 5.10 Å². The zero-order chi connectivity index (χ0) is 48.6. The Balaban J connectivity index is 0.000000150. The van der Waals surface area contributed by atoms with Gasteiger partial charge in [-0.3, -0.25) is 14.3 Å². The third kappa shape index (κ3) is 10.9. The summed E-state index contributed by atoms with van der Waals surface area (Å²) in [4.78, 5) is 25.4. The molecule has 16 nitrogen and oxygen atoms in total. The van der Waals surface area contributed by atoms with E-state index in [9.17, 15) is 15.3 Å². The quantitative estimate of drug-likeness (QED) is 0.129. The van der Waals surface area contributed by atoms with Crippen LogP contribution in [0.15, 0.2) is 124 Å². The fourth-order valence-corrected chi connectivity index (χ4v) is 11.5. The van der Waals surface area contributed by atoms with Crippen molar-refractivity contribution in [1.82, 2.24) is 63.9 Å². The first kappa shape index (κ1) is 48.4. The van der Waals surface area contributed by atoms with Gasteiger partial charge in [-0.05, 0) is 135 Å². The highest BCUT2D eigenvalue weighted by Crippen LogP contribution is 2.38. The van der Waals surface area contributed by atoms with Gasteiger partial charge in [0.15, 0.2) is 0 Å². The number of hydrogen-bond acceptors (Lipinski definition) is 14. The third-order valence-corrected chi connectivity index (χ3v) is 15.6. The van der Waals surface area contributed by atoms with Crippen molar-refractivity contribution in [3.05, 3.63) is 121 Å². The Kier molecular flexibility index (Phi) is 15.5. The van der Waals surface area contributed by atoms with E-state index in [2.05, 4.69) is 94.2 Å². The Labute approximate surface area is 416 Å². The summed E-state index contributed by atoms with van der Waals surface area (Å²) in [6.07, 6.45) is 26.9. The Morgan fingerprint density at radius 1 is 0.686 bits per heavy atom. The SMILES string of the molecule is CN1CCCC1C=O.CNC1CCC(n2cc(-c3cc(Sc4ccccn4)c4c(C#N)cnn4c3)cn2)CC1.Cc1c(-c2cc(Sc3ccccn3)c3c(C#N)cnn3c2)cnn1C1CCN(C)CC1. The highest BCUT2D eigenvalue weighted by atomic mass is 32.2. The largest absolute Gasteiger partial charge is 0.317 e. The third-order valence-electron chi connectivity index (χ3n) is 13.6. The maximum atomic E-state index is 10.2. The molecule has 2 saturated heterocycles. The second-order valence-corrected chi connectivity index (χ2v) is 20.2. The lowest BCUT2D eigenvalue weighted by Gasteiger charge is -2.29. The molecule has 11 rings (SSSR count). The van der Waals surface area contributed by atoms with Crippen molar-refractivity contribution >= 4 is 40.8 Å². The summed E-state index contributed by atoms with van der Waals surface area (Å²) in [6, 6.07) is 22.1. The number of likely N-dealkylation sites (tertiary alicyclic amines) is 2. The fraction of sp³-hybridized carbons (Fsp3) is 0.365. The maximum Gasteiger partial charge on any atom is 0.137 e. The molecule has 3 fully saturated rings. The summed E-state index contributed by atoms with van der Waals surface area (Å²) in [7, 11) is 6.21. The molecule has 0 amide bonds. The van der Waals surface area contributed by atoms with Crippen molar-refractivity contribution in [1.29, 1.82) is 10.5 Å². The van der Waals surface area contributed by atoms with Crippen LogP contribution in [0.4, 0.5) is 0 Å². The summed E-state index contributed by atoms with van der Waals surface area (Å²) >= 11 is 3.09. The molecule has 3 aliphatic rings. The summed E-state index contributed by atoms with van der Waals surface area (Å²) in [5.41, 5.74) is 8.10. The molecule has 1 atom stereocenters. The van der Waals surface area contributed by atoms with E-state index in [-0.39, 0.29) is 6.04 Å². The lowest BCUT2D eigenvalue weighted by molar-refractivity contribution is -0.111. The molecule has 8 aromatic heterocycles. The molecular weight excluding hydrogens is 915 g/mol. The molecule has 70 heavy (non-hydrogen) atoms. The number of rotatable bonds is 10.